The molecule has 1 rings (SSSR count). The Labute approximate surface area is 110 Å². The average molecular weight is 307 g/mol. The summed E-state index contributed by atoms with van der Waals surface area (Å²) in [4.78, 5) is 0. The molecule has 0 saturated heterocycles. The summed E-state index contributed by atoms with van der Waals surface area (Å²) >= 11 is 9.25. The van der Waals surface area contributed by atoms with Crippen LogP contribution in [-0.2, 0) is 0 Å². The lowest BCUT2D eigenvalue weighted by Crippen LogP contribution is -2.31. The maximum Gasteiger partial charge on any atom is 0.0758 e. The smallest absolute Gasteiger partial charge is 0.0758 e. The van der Waals surface area contributed by atoms with E-state index in [1.807, 2.05) is 26.0 Å². The van der Waals surface area contributed by atoms with Crippen LogP contribution in [0.3, 0.4) is 0 Å². The number of rotatable bonds is 4. The highest BCUT2D eigenvalue weighted by Gasteiger charge is 2.22. The molecule has 4 heteroatoms. The molecular weight excluding hydrogens is 289 g/mol. The largest absolute Gasteiger partial charge is 0.391 e. The first-order valence-electron chi connectivity index (χ1n) is 5.36. The van der Waals surface area contributed by atoms with Crippen molar-refractivity contribution in [3.05, 3.63) is 33.3 Å². The molecule has 0 aliphatic rings. The van der Waals surface area contributed by atoms with Crippen LogP contribution in [0.5, 0.6) is 0 Å². The predicted molar refractivity (Wildman–Crippen MR) is 71.5 cm³/mol. The zero-order chi connectivity index (χ0) is 12.3. The molecule has 0 radical (unpaired) electrons. The van der Waals surface area contributed by atoms with Gasteiger partial charge < -0.3 is 10.8 Å². The lowest BCUT2D eigenvalue weighted by atomic mass is 9.92. The van der Waals surface area contributed by atoms with Gasteiger partial charge in [0.05, 0.1) is 17.2 Å². The molecule has 0 bridgehead atoms. The van der Waals surface area contributed by atoms with Crippen molar-refractivity contribution in [3.63, 3.8) is 0 Å². The summed E-state index contributed by atoms with van der Waals surface area (Å²) in [5.41, 5.74) is 6.91. The second-order valence-corrected chi connectivity index (χ2v) is 5.34. The van der Waals surface area contributed by atoms with E-state index in [9.17, 15) is 5.11 Å². The van der Waals surface area contributed by atoms with Gasteiger partial charge >= 0.3 is 0 Å². The molecule has 0 amide bonds. The number of halogens is 2. The van der Waals surface area contributed by atoms with Gasteiger partial charge in [0.2, 0.25) is 0 Å². The lowest BCUT2D eigenvalue weighted by molar-refractivity contribution is 0.0880. The Hall–Kier alpha value is -0.0900. The molecule has 0 saturated carbocycles. The fourth-order valence-corrected chi connectivity index (χ4v) is 2.03. The van der Waals surface area contributed by atoms with Crippen molar-refractivity contribution in [1.82, 2.24) is 0 Å². The SMILES string of the molecule is CCC(C)[C@@H](O)[C@@H](N)c1ccc(Cl)c(Br)c1. The Bertz CT molecular complexity index is 359. The highest BCUT2D eigenvalue weighted by molar-refractivity contribution is 9.10. The Morgan fingerprint density at radius 3 is 2.62 bits per heavy atom. The molecule has 0 heterocycles. The van der Waals surface area contributed by atoms with E-state index in [0.29, 0.717) is 5.02 Å². The van der Waals surface area contributed by atoms with Gasteiger partial charge in [-0.2, -0.15) is 0 Å². The van der Waals surface area contributed by atoms with Gasteiger partial charge in [-0.1, -0.05) is 37.9 Å². The van der Waals surface area contributed by atoms with Gasteiger partial charge in [-0.25, -0.2) is 0 Å². The van der Waals surface area contributed by atoms with Crippen molar-refractivity contribution in [1.29, 1.82) is 0 Å². The van der Waals surface area contributed by atoms with Gasteiger partial charge in [0.1, 0.15) is 0 Å². The number of nitrogens with two attached hydrogens (primary N) is 1. The quantitative estimate of drug-likeness (QED) is 0.894. The number of benzene rings is 1. The van der Waals surface area contributed by atoms with E-state index in [0.717, 1.165) is 16.5 Å². The Kier molecular flexibility index (Phi) is 5.25. The van der Waals surface area contributed by atoms with E-state index in [4.69, 9.17) is 17.3 Å². The first kappa shape index (κ1) is 14.0. The van der Waals surface area contributed by atoms with E-state index in [1.54, 1.807) is 6.07 Å². The summed E-state index contributed by atoms with van der Waals surface area (Å²) in [6.45, 7) is 4.04. The minimum Gasteiger partial charge on any atom is -0.391 e. The van der Waals surface area contributed by atoms with Gasteiger partial charge in [0.25, 0.3) is 0 Å². The molecule has 0 aliphatic carbocycles. The number of aliphatic hydroxyl groups excluding tert-OH is 1. The molecule has 1 aromatic carbocycles. The van der Waals surface area contributed by atoms with Crippen molar-refractivity contribution in [2.24, 2.45) is 11.7 Å². The molecule has 2 nitrogen and oxygen atoms in total. The third-order valence-electron chi connectivity index (χ3n) is 2.92. The number of aliphatic hydroxyl groups is 1. The van der Waals surface area contributed by atoms with Gasteiger partial charge in [-0.3, -0.25) is 0 Å². The average Bonchev–Trinajstić information content (AvgIpc) is 2.29. The molecule has 0 aromatic heterocycles. The van der Waals surface area contributed by atoms with Crippen LogP contribution in [0.2, 0.25) is 5.02 Å². The third-order valence-corrected chi connectivity index (χ3v) is 4.14. The Morgan fingerprint density at radius 1 is 1.50 bits per heavy atom. The molecule has 0 fully saturated rings. The summed E-state index contributed by atoms with van der Waals surface area (Å²) in [7, 11) is 0. The minimum absolute atomic E-state index is 0.185. The van der Waals surface area contributed by atoms with E-state index >= 15 is 0 Å². The topological polar surface area (TPSA) is 46.2 Å². The monoisotopic (exact) mass is 305 g/mol. The standard InChI is InChI=1S/C12H17BrClNO/c1-3-7(2)12(16)11(15)8-4-5-10(14)9(13)6-8/h4-7,11-12,16H,3,15H2,1-2H3/t7?,11-,12+/m0/s1. The molecule has 1 unspecified atom stereocenters. The molecule has 90 valence electrons. The Morgan fingerprint density at radius 2 is 2.12 bits per heavy atom. The summed E-state index contributed by atoms with van der Waals surface area (Å²) in [6, 6.07) is 5.12. The van der Waals surface area contributed by atoms with Gasteiger partial charge in [-0.15, -0.1) is 0 Å². The predicted octanol–water partition coefficient (Wildman–Crippen LogP) is 3.51. The van der Waals surface area contributed by atoms with Gasteiger partial charge in [0, 0.05) is 4.47 Å². The molecular formula is C12H17BrClNO. The molecule has 0 aliphatic heterocycles. The van der Waals surface area contributed by atoms with E-state index in [1.165, 1.54) is 0 Å². The van der Waals surface area contributed by atoms with E-state index in [2.05, 4.69) is 15.9 Å². The first-order valence-corrected chi connectivity index (χ1v) is 6.53. The van der Waals surface area contributed by atoms with Crippen LogP contribution in [0.1, 0.15) is 31.9 Å². The minimum atomic E-state index is -0.530. The normalized spacial score (nSPS) is 16.9. The van der Waals surface area contributed by atoms with Crippen molar-refractivity contribution in [2.75, 3.05) is 0 Å². The highest BCUT2D eigenvalue weighted by Crippen LogP contribution is 2.28. The van der Waals surface area contributed by atoms with E-state index in [-0.39, 0.29) is 12.0 Å². The Balaban J connectivity index is 2.87. The van der Waals surface area contributed by atoms with Crippen molar-refractivity contribution in [3.8, 4) is 0 Å². The first-order chi connectivity index (χ1) is 7.47. The second kappa shape index (κ2) is 6.01. The maximum atomic E-state index is 10.0. The summed E-state index contributed by atoms with van der Waals surface area (Å²) in [5.74, 6) is 0.185. The zero-order valence-corrected chi connectivity index (χ0v) is 11.8. The lowest BCUT2D eigenvalue weighted by Gasteiger charge is -2.24. The zero-order valence-electron chi connectivity index (χ0n) is 9.45. The summed E-state index contributed by atoms with van der Waals surface area (Å²) in [5, 5.41) is 10.7. The van der Waals surface area contributed by atoms with Crippen molar-refractivity contribution >= 4 is 27.5 Å². The summed E-state index contributed by atoms with van der Waals surface area (Å²) in [6.07, 6.45) is 0.377. The van der Waals surface area contributed by atoms with Crippen LogP contribution in [-0.4, -0.2) is 11.2 Å². The second-order valence-electron chi connectivity index (χ2n) is 4.08. The van der Waals surface area contributed by atoms with Gasteiger partial charge in [-0.05, 0) is 39.5 Å². The molecule has 3 atom stereocenters. The molecule has 1 aromatic rings. The molecule has 16 heavy (non-hydrogen) atoms. The number of hydrogen-bond acceptors (Lipinski definition) is 2. The number of hydrogen-bond donors (Lipinski definition) is 2. The highest BCUT2D eigenvalue weighted by atomic mass is 79.9. The molecule has 3 N–H and O–H groups in total. The van der Waals surface area contributed by atoms with Crippen LogP contribution < -0.4 is 5.73 Å². The third kappa shape index (κ3) is 3.20. The van der Waals surface area contributed by atoms with Crippen LogP contribution >= 0.6 is 27.5 Å². The fourth-order valence-electron chi connectivity index (χ4n) is 1.51. The van der Waals surface area contributed by atoms with Gasteiger partial charge in [0.15, 0.2) is 0 Å². The molecule has 0 spiro atoms. The maximum absolute atomic E-state index is 10.0. The fraction of sp³-hybridized carbons (Fsp3) is 0.500. The van der Waals surface area contributed by atoms with E-state index < -0.39 is 6.10 Å². The van der Waals surface area contributed by atoms with Crippen molar-refractivity contribution in [2.45, 2.75) is 32.4 Å². The van der Waals surface area contributed by atoms with Crippen LogP contribution in [0.15, 0.2) is 22.7 Å². The summed E-state index contributed by atoms with van der Waals surface area (Å²) < 4.78 is 0.804. The van der Waals surface area contributed by atoms with Crippen molar-refractivity contribution < 1.29 is 5.11 Å². The van der Waals surface area contributed by atoms with Crippen LogP contribution in [0.25, 0.3) is 0 Å². The van der Waals surface area contributed by atoms with Crippen LogP contribution in [0, 0.1) is 5.92 Å². The van der Waals surface area contributed by atoms with Crippen LogP contribution in [0.4, 0.5) is 0 Å².